The summed E-state index contributed by atoms with van der Waals surface area (Å²) in [6.45, 7) is 4.59. The van der Waals surface area contributed by atoms with Gasteiger partial charge in [-0.3, -0.25) is 4.79 Å². The molecule has 0 fully saturated rings. The van der Waals surface area contributed by atoms with Gasteiger partial charge in [-0.2, -0.15) is 0 Å². The van der Waals surface area contributed by atoms with Crippen molar-refractivity contribution in [2.75, 3.05) is 7.05 Å². The summed E-state index contributed by atoms with van der Waals surface area (Å²) in [6.07, 6.45) is 0. The van der Waals surface area contributed by atoms with E-state index in [9.17, 15) is 4.79 Å². The predicted octanol–water partition coefficient (Wildman–Crippen LogP) is 3.03. The largest absolute Gasteiger partial charge is 0.335 e. The highest BCUT2D eigenvalue weighted by molar-refractivity contribution is 7.10. The second kappa shape index (κ2) is 5.31. The molecule has 2 aromatic heterocycles. The van der Waals surface area contributed by atoms with E-state index in [-0.39, 0.29) is 5.91 Å². The van der Waals surface area contributed by atoms with Gasteiger partial charge in [0.15, 0.2) is 0 Å². The number of thiophene rings is 1. The smallest absolute Gasteiger partial charge is 0.272 e. The molecular formula is C14H16N2OS. The molecule has 0 saturated carbocycles. The van der Waals surface area contributed by atoms with Gasteiger partial charge in [0.1, 0.15) is 5.69 Å². The lowest BCUT2D eigenvalue weighted by atomic mass is 10.2. The first kappa shape index (κ1) is 12.8. The summed E-state index contributed by atoms with van der Waals surface area (Å²) in [5.41, 5.74) is 2.60. The van der Waals surface area contributed by atoms with Gasteiger partial charge in [0.05, 0.1) is 6.54 Å². The molecule has 0 radical (unpaired) electrons. The molecule has 0 bridgehead atoms. The van der Waals surface area contributed by atoms with Crippen LogP contribution in [-0.4, -0.2) is 22.8 Å². The van der Waals surface area contributed by atoms with Crippen LogP contribution in [0.15, 0.2) is 29.6 Å². The van der Waals surface area contributed by atoms with Gasteiger partial charge < -0.3 is 4.90 Å². The number of rotatable bonds is 3. The van der Waals surface area contributed by atoms with Crippen LogP contribution in [0.2, 0.25) is 0 Å². The van der Waals surface area contributed by atoms with Gasteiger partial charge in [0.25, 0.3) is 5.91 Å². The van der Waals surface area contributed by atoms with Crippen LogP contribution in [0.5, 0.6) is 0 Å². The van der Waals surface area contributed by atoms with Crippen LogP contribution in [0.1, 0.15) is 26.6 Å². The molecule has 18 heavy (non-hydrogen) atoms. The zero-order valence-electron chi connectivity index (χ0n) is 10.8. The van der Waals surface area contributed by atoms with Crippen LogP contribution < -0.4 is 0 Å². The molecule has 0 N–H and O–H groups in total. The molecule has 3 nitrogen and oxygen atoms in total. The third-order valence-corrected chi connectivity index (χ3v) is 3.81. The second-order valence-corrected chi connectivity index (χ2v) is 5.35. The van der Waals surface area contributed by atoms with E-state index in [2.05, 4.69) is 18.0 Å². The third kappa shape index (κ3) is 2.76. The van der Waals surface area contributed by atoms with Crippen molar-refractivity contribution in [2.24, 2.45) is 0 Å². The summed E-state index contributed by atoms with van der Waals surface area (Å²) in [6, 6.07) is 7.58. The fourth-order valence-corrected chi connectivity index (χ4v) is 2.67. The lowest BCUT2D eigenvalue weighted by Crippen LogP contribution is -2.27. The van der Waals surface area contributed by atoms with Crippen molar-refractivity contribution in [3.8, 4) is 0 Å². The Hall–Kier alpha value is -1.68. The third-order valence-electron chi connectivity index (χ3n) is 2.80. The highest BCUT2D eigenvalue weighted by Gasteiger charge is 2.14. The SMILES string of the molecule is Cc1cccc(C(=O)N(C)Cc2sccc2C)n1. The van der Waals surface area contributed by atoms with Gasteiger partial charge in [-0.15, -0.1) is 11.3 Å². The lowest BCUT2D eigenvalue weighted by molar-refractivity contribution is 0.0780. The van der Waals surface area contributed by atoms with Crippen LogP contribution >= 0.6 is 11.3 Å². The van der Waals surface area contributed by atoms with E-state index in [1.54, 1.807) is 22.3 Å². The molecule has 94 valence electrons. The van der Waals surface area contributed by atoms with Crippen molar-refractivity contribution in [3.05, 3.63) is 51.5 Å². The summed E-state index contributed by atoms with van der Waals surface area (Å²) in [5, 5.41) is 2.05. The van der Waals surface area contributed by atoms with Crippen molar-refractivity contribution < 1.29 is 4.79 Å². The molecule has 0 spiro atoms. The minimum Gasteiger partial charge on any atom is -0.335 e. The number of carbonyl (C=O) groups is 1. The summed E-state index contributed by atoms with van der Waals surface area (Å²) < 4.78 is 0. The predicted molar refractivity (Wildman–Crippen MR) is 73.8 cm³/mol. The number of hydrogen-bond donors (Lipinski definition) is 0. The van der Waals surface area contributed by atoms with Crippen LogP contribution in [-0.2, 0) is 6.54 Å². The van der Waals surface area contributed by atoms with E-state index < -0.39 is 0 Å². The number of nitrogens with zero attached hydrogens (tertiary/aromatic N) is 2. The maximum absolute atomic E-state index is 12.2. The Kier molecular flexibility index (Phi) is 3.77. The number of aromatic nitrogens is 1. The summed E-state index contributed by atoms with van der Waals surface area (Å²) >= 11 is 1.68. The molecule has 0 saturated heterocycles. The Bertz CT molecular complexity index is 562. The molecule has 2 rings (SSSR count). The first-order chi connectivity index (χ1) is 8.58. The maximum Gasteiger partial charge on any atom is 0.272 e. The van der Waals surface area contributed by atoms with E-state index in [1.807, 2.05) is 31.5 Å². The topological polar surface area (TPSA) is 33.2 Å². The van der Waals surface area contributed by atoms with Gasteiger partial charge in [-0.1, -0.05) is 6.07 Å². The molecule has 0 aliphatic rings. The number of carbonyl (C=O) groups excluding carboxylic acids is 1. The van der Waals surface area contributed by atoms with Gasteiger partial charge >= 0.3 is 0 Å². The van der Waals surface area contributed by atoms with Crippen molar-refractivity contribution in [2.45, 2.75) is 20.4 Å². The molecule has 0 aliphatic carbocycles. The Morgan fingerprint density at radius 1 is 1.33 bits per heavy atom. The van der Waals surface area contributed by atoms with E-state index in [4.69, 9.17) is 0 Å². The van der Waals surface area contributed by atoms with Crippen LogP contribution in [0.3, 0.4) is 0 Å². The minimum absolute atomic E-state index is 0.0356. The first-order valence-corrected chi connectivity index (χ1v) is 6.68. The molecule has 1 amide bonds. The van der Waals surface area contributed by atoms with Crippen molar-refractivity contribution in [1.82, 2.24) is 9.88 Å². The Morgan fingerprint density at radius 2 is 2.11 bits per heavy atom. The van der Waals surface area contributed by atoms with Gasteiger partial charge in [0.2, 0.25) is 0 Å². The van der Waals surface area contributed by atoms with Crippen LogP contribution in [0.4, 0.5) is 0 Å². The Balaban J connectivity index is 2.12. The molecule has 2 aromatic rings. The zero-order valence-corrected chi connectivity index (χ0v) is 11.6. The fourth-order valence-electron chi connectivity index (χ4n) is 1.71. The summed E-state index contributed by atoms with van der Waals surface area (Å²) in [5.74, 6) is -0.0356. The second-order valence-electron chi connectivity index (χ2n) is 4.35. The highest BCUT2D eigenvalue weighted by Crippen LogP contribution is 2.18. The van der Waals surface area contributed by atoms with Crippen LogP contribution in [0.25, 0.3) is 0 Å². The summed E-state index contributed by atoms with van der Waals surface area (Å²) in [4.78, 5) is 19.4. The van der Waals surface area contributed by atoms with Crippen molar-refractivity contribution in [1.29, 1.82) is 0 Å². The average molecular weight is 260 g/mol. The summed E-state index contributed by atoms with van der Waals surface area (Å²) in [7, 11) is 1.81. The van der Waals surface area contributed by atoms with E-state index in [1.165, 1.54) is 10.4 Å². The van der Waals surface area contributed by atoms with E-state index in [0.717, 1.165) is 5.69 Å². The zero-order chi connectivity index (χ0) is 13.1. The number of pyridine rings is 1. The number of hydrogen-bond acceptors (Lipinski definition) is 3. The maximum atomic E-state index is 12.2. The molecule has 0 aromatic carbocycles. The van der Waals surface area contributed by atoms with Crippen molar-refractivity contribution in [3.63, 3.8) is 0 Å². The van der Waals surface area contributed by atoms with Crippen LogP contribution in [0, 0.1) is 13.8 Å². The average Bonchev–Trinajstić information content (AvgIpc) is 2.74. The van der Waals surface area contributed by atoms with E-state index in [0.29, 0.717) is 12.2 Å². The highest BCUT2D eigenvalue weighted by atomic mass is 32.1. The van der Waals surface area contributed by atoms with E-state index >= 15 is 0 Å². The fraction of sp³-hybridized carbons (Fsp3) is 0.286. The molecule has 2 heterocycles. The van der Waals surface area contributed by atoms with Gasteiger partial charge in [-0.05, 0) is 43.0 Å². The lowest BCUT2D eigenvalue weighted by Gasteiger charge is -2.16. The molecule has 0 atom stereocenters. The molecule has 0 unspecified atom stereocenters. The first-order valence-electron chi connectivity index (χ1n) is 5.80. The number of amides is 1. The quantitative estimate of drug-likeness (QED) is 0.850. The normalized spacial score (nSPS) is 10.4. The molecular weight excluding hydrogens is 244 g/mol. The van der Waals surface area contributed by atoms with Gasteiger partial charge in [-0.25, -0.2) is 4.98 Å². The number of aryl methyl sites for hydroxylation is 2. The van der Waals surface area contributed by atoms with Gasteiger partial charge in [0, 0.05) is 17.6 Å². The minimum atomic E-state index is -0.0356. The monoisotopic (exact) mass is 260 g/mol. The molecule has 4 heteroatoms. The molecule has 0 aliphatic heterocycles. The Morgan fingerprint density at radius 3 is 2.72 bits per heavy atom. The Labute approximate surface area is 111 Å². The standard InChI is InChI=1S/C14H16N2OS/c1-10-7-8-18-13(10)9-16(3)14(17)12-6-4-5-11(2)15-12/h4-8H,9H2,1-3H3. The van der Waals surface area contributed by atoms with Crippen molar-refractivity contribution >= 4 is 17.2 Å².